The molecule has 0 bridgehead atoms. The van der Waals surface area contributed by atoms with Crippen LogP contribution in [0.5, 0.6) is 11.5 Å². The van der Waals surface area contributed by atoms with Gasteiger partial charge in [-0.2, -0.15) is 0 Å². The standard InChI is InChI=1S/C14H18O4/c1-8(2)5-12(16)11-6-10(9(3)15)13(17)7-14(11)18-4/h6-8,17H,5H2,1-4H3. The first-order valence-electron chi connectivity index (χ1n) is 5.82. The monoisotopic (exact) mass is 250 g/mol. The van der Waals surface area contributed by atoms with Gasteiger partial charge in [0.15, 0.2) is 11.6 Å². The summed E-state index contributed by atoms with van der Waals surface area (Å²) in [6.45, 7) is 5.23. The average Bonchev–Trinajstić information content (AvgIpc) is 2.26. The van der Waals surface area contributed by atoms with Crippen LogP contribution in [-0.2, 0) is 0 Å². The lowest BCUT2D eigenvalue weighted by Crippen LogP contribution is -2.07. The van der Waals surface area contributed by atoms with Crippen molar-refractivity contribution in [2.75, 3.05) is 7.11 Å². The van der Waals surface area contributed by atoms with Crippen molar-refractivity contribution in [2.45, 2.75) is 27.2 Å². The number of carbonyl (C=O) groups is 2. The van der Waals surface area contributed by atoms with Gasteiger partial charge in [-0.1, -0.05) is 13.8 Å². The van der Waals surface area contributed by atoms with Crippen LogP contribution in [0.15, 0.2) is 12.1 Å². The number of phenols is 1. The van der Waals surface area contributed by atoms with E-state index >= 15 is 0 Å². The van der Waals surface area contributed by atoms with Crippen LogP contribution in [-0.4, -0.2) is 23.8 Å². The first-order valence-corrected chi connectivity index (χ1v) is 5.82. The second-order valence-corrected chi connectivity index (χ2v) is 4.65. The van der Waals surface area contributed by atoms with E-state index < -0.39 is 0 Å². The summed E-state index contributed by atoms with van der Waals surface area (Å²) in [4.78, 5) is 23.4. The minimum atomic E-state index is -0.284. The fourth-order valence-corrected chi connectivity index (χ4v) is 1.72. The zero-order chi connectivity index (χ0) is 13.9. The zero-order valence-corrected chi connectivity index (χ0v) is 11.1. The average molecular weight is 250 g/mol. The van der Waals surface area contributed by atoms with Crippen molar-refractivity contribution >= 4 is 11.6 Å². The normalized spacial score (nSPS) is 10.5. The molecule has 0 aliphatic carbocycles. The lowest BCUT2D eigenvalue weighted by atomic mass is 9.97. The zero-order valence-electron chi connectivity index (χ0n) is 11.1. The van der Waals surface area contributed by atoms with E-state index in [9.17, 15) is 14.7 Å². The van der Waals surface area contributed by atoms with E-state index in [1.54, 1.807) is 0 Å². The number of aromatic hydroxyl groups is 1. The molecule has 18 heavy (non-hydrogen) atoms. The summed E-state index contributed by atoms with van der Waals surface area (Å²) in [6.07, 6.45) is 0.373. The van der Waals surface area contributed by atoms with Gasteiger partial charge in [-0.25, -0.2) is 0 Å². The fourth-order valence-electron chi connectivity index (χ4n) is 1.72. The van der Waals surface area contributed by atoms with Crippen molar-refractivity contribution in [3.8, 4) is 11.5 Å². The topological polar surface area (TPSA) is 63.6 Å². The highest BCUT2D eigenvalue weighted by Gasteiger charge is 2.18. The van der Waals surface area contributed by atoms with E-state index in [-0.39, 0.29) is 28.8 Å². The first-order chi connectivity index (χ1) is 8.36. The molecular weight excluding hydrogens is 232 g/mol. The molecule has 1 N–H and O–H groups in total. The number of ketones is 2. The number of methoxy groups -OCH3 is 1. The summed E-state index contributed by atoms with van der Waals surface area (Å²) in [7, 11) is 1.42. The van der Waals surface area contributed by atoms with Gasteiger partial charge in [0, 0.05) is 12.5 Å². The molecular formula is C14H18O4. The molecule has 1 aromatic carbocycles. The molecule has 0 saturated heterocycles. The molecule has 1 rings (SSSR count). The predicted molar refractivity (Wildman–Crippen MR) is 68.4 cm³/mol. The minimum Gasteiger partial charge on any atom is -0.507 e. The smallest absolute Gasteiger partial charge is 0.166 e. The Hall–Kier alpha value is -1.84. The third kappa shape index (κ3) is 3.09. The Labute approximate surface area is 107 Å². The number of Topliss-reactive ketones (excluding diaryl/α,β-unsaturated/α-hetero) is 2. The van der Waals surface area contributed by atoms with Crippen molar-refractivity contribution in [3.05, 3.63) is 23.3 Å². The number of ether oxygens (including phenoxy) is 1. The van der Waals surface area contributed by atoms with Gasteiger partial charge in [0.05, 0.1) is 18.2 Å². The number of hydrogen-bond acceptors (Lipinski definition) is 4. The van der Waals surface area contributed by atoms with Crippen molar-refractivity contribution in [3.63, 3.8) is 0 Å². The van der Waals surface area contributed by atoms with Crippen LogP contribution in [0.25, 0.3) is 0 Å². The summed E-state index contributed by atoms with van der Waals surface area (Å²) in [5, 5.41) is 9.67. The largest absolute Gasteiger partial charge is 0.507 e. The highest BCUT2D eigenvalue weighted by atomic mass is 16.5. The molecule has 0 aliphatic heterocycles. The van der Waals surface area contributed by atoms with Gasteiger partial charge in [0.2, 0.25) is 0 Å². The number of carbonyl (C=O) groups excluding carboxylic acids is 2. The van der Waals surface area contributed by atoms with Crippen LogP contribution in [0.1, 0.15) is 47.9 Å². The Balaban J connectivity index is 3.28. The number of benzene rings is 1. The van der Waals surface area contributed by atoms with E-state index in [1.807, 2.05) is 13.8 Å². The van der Waals surface area contributed by atoms with Gasteiger partial charge in [0.1, 0.15) is 11.5 Å². The molecule has 0 unspecified atom stereocenters. The molecule has 0 heterocycles. The summed E-state index contributed by atoms with van der Waals surface area (Å²) in [5.41, 5.74) is 0.483. The molecule has 1 aromatic rings. The lowest BCUT2D eigenvalue weighted by molar-refractivity contribution is 0.0965. The van der Waals surface area contributed by atoms with Gasteiger partial charge in [-0.05, 0) is 18.9 Å². The molecule has 4 nitrogen and oxygen atoms in total. The van der Waals surface area contributed by atoms with E-state index in [2.05, 4.69) is 0 Å². The van der Waals surface area contributed by atoms with Crippen LogP contribution in [0.2, 0.25) is 0 Å². The quantitative estimate of drug-likeness (QED) is 0.816. The van der Waals surface area contributed by atoms with Crippen LogP contribution < -0.4 is 4.74 Å². The number of rotatable bonds is 5. The van der Waals surface area contributed by atoms with Crippen molar-refractivity contribution in [1.82, 2.24) is 0 Å². The summed E-state index contributed by atoms with van der Waals surface area (Å²) < 4.78 is 5.07. The Kier molecular flexibility index (Phi) is 4.48. The van der Waals surface area contributed by atoms with Crippen molar-refractivity contribution in [1.29, 1.82) is 0 Å². The van der Waals surface area contributed by atoms with Crippen molar-refractivity contribution < 1.29 is 19.4 Å². The molecule has 0 spiro atoms. The van der Waals surface area contributed by atoms with Crippen LogP contribution in [0.4, 0.5) is 0 Å². The van der Waals surface area contributed by atoms with E-state index in [4.69, 9.17) is 4.74 Å². The van der Waals surface area contributed by atoms with Gasteiger partial charge < -0.3 is 9.84 Å². The second-order valence-electron chi connectivity index (χ2n) is 4.65. The molecule has 0 fully saturated rings. The predicted octanol–water partition coefficient (Wildman–Crippen LogP) is 2.83. The molecule has 0 amide bonds. The fraction of sp³-hybridized carbons (Fsp3) is 0.429. The maximum atomic E-state index is 12.0. The number of hydrogen-bond donors (Lipinski definition) is 1. The third-order valence-electron chi connectivity index (χ3n) is 2.59. The minimum absolute atomic E-state index is 0.0932. The molecule has 0 radical (unpaired) electrons. The Bertz CT molecular complexity index is 475. The van der Waals surface area contributed by atoms with Gasteiger partial charge >= 0.3 is 0 Å². The maximum Gasteiger partial charge on any atom is 0.166 e. The second kappa shape index (κ2) is 5.67. The van der Waals surface area contributed by atoms with E-state index in [0.717, 1.165) is 0 Å². The molecule has 0 aliphatic rings. The molecule has 0 saturated carbocycles. The van der Waals surface area contributed by atoms with Crippen LogP contribution in [0, 0.1) is 5.92 Å². The Morgan fingerprint density at radius 1 is 1.28 bits per heavy atom. The molecule has 0 atom stereocenters. The highest BCUT2D eigenvalue weighted by Crippen LogP contribution is 2.30. The Morgan fingerprint density at radius 2 is 1.89 bits per heavy atom. The van der Waals surface area contributed by atoms with E-state index in [1.165, 1.54) is 26.2 Å². The van der Waals surface area contributed by atoms with Crippen molar-refractivity contribution in [2.24, 2.45) is 5.92 Å². The lowest BCUT2D eigenvalue weighted by Gasteiger charge is -2.11. The van der Waals surface area contributed by atoms with Gasteiger partial charge in [-0.3, -0.25) is 9.59 Å². The highest BCUT2D eigenvalue weighted by molar-refractivity contribution is 6.04. The third-order valence-corrected chi connectivity index (χ3v) is 2.59. The molecule has 98 valence electrons. The maximum absolute atomic E-state index is 12.0. The van der Waals surface area contributed by atoms with Crippen LogP contribution in [0.3, 0.4) is 0 Å². The SMILES string of the molecule is COc1cc(O)c(C(C)=O)cc1C(=O)CC(C)C. The van der Waals surface area contributed by atoms with Gasteiger partial charge in [-0.15, -0.1) is 0 Å². The molecule has 0 aromatic heterocycles. The summed E-state index contributed by atoms with van der Waals surface area (Å²) in [6, 6.07) is 2.71. The van der Waals surface area contributed by atoms with E-state index in [0.29, 0.717) is 17.7 Å². The summed E-state index contributed by atoms with van der Waals surface area (Å²) >= 11 is 0. The van der Waals surface area contributed by atoms with Crippen LogP contribution >= 0.6 is 0 Å². The summed E-state index contributed by atoms with van der Waals surface area (Å²) in [5.74, 6) is -0.0292. The molecule has 4 heteroatoms. The Morgan fingerprint density at radius 3 is 2.33 bits per heavy atom. The first kappa shape index (κ1) is 14.2. The number of phenolic OH excluding ortho intramolecular Hbond substituents is 1. The van der Waals surface area contributed by atoms with Gasteiger partial charge in [0.25, 0.3) is 0 Å².